The van der Waals surface area contributed by atoms with Gasteiger partial charge < -0.3 is 15.0 Å². The number of halogens is 1. The normalized spacial score (nSPS) is 13.4. The highest BCUT2D eigenvalue weighted by molar-refractivity contribution is 7.99. The molecule has 3 aromatic rings. The molecular weight excluding hydrogens is 443 g/mol. The maximum atomic E-state index is 13.0. The summed E-state index contributed by atoms with van der Waals surface area (Å²) >= 11 is 1.19. The van der Waals surface area contributed by atoms with Crippen LogP contribution in [0.1, 0.15) is 22.4 Å². The van der Waals surface area contributed by atoms with Gasteiger partial charge in [0.15, 0.2) is 5.16 Å². The van der Waals surface area contributed by atoms with E-state index in [2.05, 4.69) is 20.2 Å². The summed E-state index contributed by atoms with van der Waals surface area (Å²) in [4.78, 5) is 34.4. The highest BCUT2D eigenvalue weighted by Gasteiger charge is 2.22. The van der Waals surface area contributed by atoms with E-state index < -0.39 is 0 Å². The van der Waals surface area contributed by atoms with Crippen molar-refractivity contribution in [2.45, 2.75) is 31.2 Å². The topological polar surface area (TPSA) is 87.3 Å². The van der Waals surface area contributed by atoms with Crippen molar-refractivity contribution in [1.29, 1.82) is 0 Å². The number of H-pyrrole nitrogens is 1. The van der Waals surface area contributed by atoms with Gasteiger partial charge in [-0.05, 0) is 23.8 Å². The molecular formula is C24H25FN4O3S. The van der Waals surface area contributed by atoms with Gasteiger partial charge in [0.1, 0.15) is 11.6 Å². The van der Waals surface area contributed by atoms with E-state index in [0.29, 0.717) is 36.8 Å². The van der Waals surface area contributed by atoms with Crippen molar-refractivity contribution in [2.24, 2.45) is 0 Å². The first-order chi connectivity index (χ1) is 16.0. The van der Waals surface area contributed by atoms with Crippen LogP contribution in [0.3, 0.4) is 0 Å². The number of rotatable bonds is 8. The number of benzene rings is 2. The van der Waals surface area contributed by atoms with Gasteiger partial charge in [-0.2, -0.15) is 0 Å². The zero-order chi connectivity index (χ0) is 23.2. The Hall–Kier alpha value is -3.17. The number of fused-ring (bicyclic) bond motifs is 1. The summed E-state index contributed by atoms with van der Waals surface area (Å²) in [5.41, 5.74) is 3.17. The van der Waals surface area contributed by atoms with E-state index in [1.54, 1.807) is 19.2 Å². The maximum Gasteiger partial charge on any atom is 0.256 e. The zero-order valence-electron chi connectivity index (χ0n) is 18.3. The summed E-state index contributed by atoms with van der Waals surface area (Å²) in [6.07, 6.45) is 0.665. The van der Waals surface area contributed by atoms with Crippen LogP contribution in [0, 0.1) is 5.82 Å². The molecule has 1 aliphatic rings. The molecule has 4 rings (SSSR count). The molecule has 1 aromatic heterocycles. The number of hydrogen-bond donors (Lipinski definition) is 2. The molecule has 0 atom stereocenters. The maximum absolute atomic E-state index is 13.0. The lowest BCUT2D eigenvalue weighted by atomic mass is 10.1. The summed E-state index contributed by atoms with van der Waals surface area (Å²) in [7, 11) is 1.65. The fourth-order valence-corrected chi connectivity index (χ4v) is 4.43. The molecule has 2 aromatic carbocycles. The summed E-state index contributed by atoms with van der Waals surface area (Å²) in [5.74, 6) is 0.460. The predicted octanol–water partition coefficient (Wildman–Crippen LogP) is 2.88. The van der Waals surface area contributed by atoms with Gasteiger partial charge in [0.2, 0.25) is 5.91 Å². The molecule has 1 aliphatic heterocycles. The van der Waals surface area contributed by atoms with Gasteiger partial charge in [0.25, 0.3) is 5.56 Å². The minimum absolute atomic E-state index is 0.128. The van der Waals surface area contributed by atoms with Crippen molar-refractivity contribution in [1.82, 2.24) is 20.2 Å². The summed E-state index contributed by atoms with van der Waals surface area (Å²) in [6, 6.07) is 13.8. The van der Waals surface area contributed by atoms with Crippen LogP contribution in [0.15, 0.2) is 58.5 Å². The monoisotopic (exact) mass is 468 g/mol. The van der Waals surface area contributed by atoms with Gasteiger partial charge in [-0.15, -0.1) is 0 Å². The first-order valence-electron chi connectivity index (χ1n) is 10.6. The largest absolute Gasteiger partial charge is 0.496 e. The minimum atomic E-state index is -0.314. The van der Waals surface area contributed by atoms with Crippen LogP contribution in [0.25, 0.3) is 0 Å². The van der Waals surface area contributed by atoms with Gasteiger partial charge in [0, 0.05) is 38.2 Å². The smallest absolute Gasteiger partial charge is 0.256 e. The number of hydrogen-bond acceptors (Lipinski definition) is 6. The summed E-state index contributed by atoms with van der Waals surface area (Å²) < 4.78 is 18.4. The number of thioether (sulfide) groups is 1. The van der Waals surface area contributed by atoms with Crippen LogP contribution < -0.4 is 15.6 Å². The van der Waals surface area contributed by atoms with Gasteiger partial charge in [-0.1, -0.05) is 42.1 Å². The Labute approximate surface area is 195 Å². The van der Waals surface area contributed by atoms with E-state index in [1.165, 1.54) is 23.9 Å². The Morgan fingerprint density at radius 1 is 1.24 bits per heavy atom. The number of ether oxygens (including phenoxy) is 1. The molecule has 0 spiro atoms. The fourth-order valence-electron chi connectivity index (χ4n) is 3.72. The van der Waals surface area contributed by atoms with Gasteiger partial charge in [-0.25, -0.2) is 9.37 Å². The highest BCUT2D eigenvalue weighted by atomic mass is 32.2. The van der Waals surface area contributed by atoms with Crippen LogP contribution in [0.4, 0.5) is 4.39 Å². The number of carbonyl (C=O) groups excluding carboxylic acids is 1. The highest BCUT2D eigenvalue weighted by Crippen LogP contribution is 2.23. The lowest BCUT2D eigenvalue weighted by molar-refractivity contribution is -0.118. The molecule has 1 amide bonds. The van der Waals surface area contributed by atoms with Crippen LogP contribution >= 0.6 is 11.8 Å². The Kier molecular flexibility index (Phi) is 7.41. The second-order valence-corrected chi connectivity index (χ2v) is 8.72. The van der Waals surface area contributed by atoms with Crippen molar-refractivity contribution >= 4 is 17.7 Å². The van der Waals surface area contributed by atoms with Crippen LogP contribution in [0.5, 0.6) is 5.75 Å². The van der Waals surface area contributed by atoms with Crippen molar-refractivity contribution in [3.05, 3.63) is 87.1 Å². The number of carbonyl (C=O) groups is 1. The molecule has 0 saturated heterocycles. The molecule has 0 saturated carbocycles. The average Bonchev–Trinajstić information content (AvgIpc) is 2.83. The Bertz CT molecular complexity index is 1180. The number of aromatic amines is 1. The first-order valence-corrected chi connectivity index (χ1v) is 11.6. The molecule has 172 valence electrons. The first kappa shape index (κ1) is 23.0. The lowest BCUT2D eigenvalue weighted by Crippen LogP contribution is -2.35. The standard InChI is InChI=1S/C24H25FN4O3S/c1-32-21-5-3-2-4-17(21)13-29-11-10-20-19(14-29)23(31)28-24(27-20)33-15-22(30)26-12-16-6-8-18(25)9-7-16/h2-9H,10-15H2,1H3,(H,26,30)(H,27,28,31). The second-order valence-electron chi connectivity index (χ2n) is 7.76. The number of para-hydroxylation sites is 1. The van der Waals surface area contributed by atoms with Crippen molar-refractivity contribution in [2.75, 3.05) is 19.4 Å². The number of nitrogens with zero attached hydrogens (tertiary/aromatic N) is 2. The minimum Gasteiger partial charge on any atom is -0.496 e. The lowest BCUT2D eigenvalue weighted by Gasteiger charge is -2.28. The van der Waals surface area contributed by atoms with E-state index in [-0.39, 0.29) is 23.0 Å². The Morgan fingerprint density at radius 2 is 2.03 bits per heavy atom. The Morgan fingerprint density at radius 3 is 2.82 bits per heavy atom. The third-order valence-corrected chi connectivity index (χ3v) is 6.33. The van der Waals surface area contributed by atoms with E-state index in [4.69, 9.17) is 4.74 Å². The molecule has 0 radical (unpaired) electrons. The van der Waals surface area contributed by atoms with Crippen molar-refractivity contribution in [3.8, 4) is 5.75 Å². The second kappa shape index (κ2) is 10.6. The van der Waals surface area contributed by atoms with Crippen LogP contribution in [0.2, 0.25) is 0 Å². The van der Waals surface area contributed by atoms with Gasteiger partial charge in [-0.3, -0.25) is 14.5 Å². The zero-order valence-corrected chi connectivity index (χ0v) is 19.1. The van der Waals surface area contributed by atoms with Gasteiger partial charge >= 0.3 is 0 Å². The number of nitrogens with one attached hydrogen (secondary N) is 2. The summed E-state index contributed by atoms with van der Waals surface area (Å²) in [6.45, 7) is 2.30. The molecule has 2 heterocycles. The van der Waals surface area contributed by atoms with Crippen LogP contribution in [-0.2, 0) is 30.8 Å². The van der Waals surface area contributed by atoms with E-state index >= 15 is 0 Å². The van der Waals surface area contributed by atoms with Gasteiger partial charge in [0.05, 0.1) is 24.1 Å². The number of amides is 1. The third-order valence-electron chi connectivity index (χ3n) is 5.46. The Balaban J connectivity index is 1.33. The average molecular weight is 469 g/mol. The van der Waals surface area contributed by atoms with E-state index in [9.17, 15) is 14.0 Å². The third kappa shape index (κ3) is 6.00. The molecule has 7 nitrogen and oxygen atoms in total. The predicted molar refractivity (Wildman–Crippen MR) is 125 cm³/mol. The van der Waals surface area contributed by atoms with E-state index in [1.807, 2.05) is 24.3 Å². The molecule has 0 unspecified atom stereocenters. The number of methoxy groups -OCH3 is 1. The van der Waals surface area contributed by atoms with E-state index in [0.717, 1.165) is 29.1 Å². The SMILES string of the molecule is COc1ccccc1CN1CCc2nc(SCC(=O)NCc3ccc(F)cc3)[nH]c(=O)c2C1. The molecule has 0 bridgehead atoms. The van der Waals surface area contributed by atoms with Crippen molar-refractivity contribution in [3.63, 3.8) is 0 Å². The number of aromatic nitrogens is 2. The molecule has 0 fully saturated rings. The molecule has 9 heteroatoms. The molecule has 2 N–H and O–H groups in total. The quantitative estimate of drug-likeness (QED) is 0.391. The fraction of sp³-hybridized carbons (Fsp3) is 0.292. The van der Waals surface area contributed by atoms with Crippen LogP contribution in [-0.4, -0.2) is 40.2 Å². The van der Waals surface area contributed by atoms with Crippen molar-refractivity contribution < 1.29 is 13.9 Å². The molecule has 0 aliphatic carbocycles. The molecule has 33 heavy (non-hydrogen) atoms. The summed E-state index contributed by atoms with van der Waals surface area (Å²) in [5, 5.41) is 3.22.